The third-order valence-corrected chi connectivity index (χ3v) is 4.32. The lowest BCUT2D eigenvalue weighted by molar-refractivity contribution is -0.136. The molecule has 0 aliphatic rings. The zero-order valence-electron chi connectivity index (χ0n) is 15.5. The molecule has 0 saturated heterocycles. The Morgan fingerprint density at radius 1 is 1.23 bits per heavy atom. The molecule has 2 aromatic carbocycles. The monoisotopic (exact) mass is 435 g/mol. The Labute approximate surface area is 175 Å². The van der Waals surface area contributed by atoms with Crippen molar-refractivity contribution in [3.8, 4) is 0 Å². The van der Waals surface area contributed by atoms with E-state index in [4.69, 9.17) is 11.6 Å². The number of halogens is 4. The average Bonchev–Trinajstić information content (AvgIpc) is 3.21. The Bertz CT molecular complexity index is 1040. The van der Waals surface area contributed by atoms with E-state index < -0.39 is 17.6 Å². The maximum atomic E-state index is 13.4. The molecule has 156 valence electrons. The lowest BCUT2D eigenvalue weighted by Gasteiger charge is -2.16. The SMILES string of the molecule is O=C(NC=Nc1cccc(C(F)(F)F)c1NCCc1cnc[nH]1)c1cccc(Cl)c1. The van der Waals surface area contributed by atoms with E-state index in [0.717, 1.165) is 18.1 Å². The second-order valence-corrected chi connectivity index (χ2v) is 6.63. The number of aromatic nitrogens is 2. The predicted molar refractivity (Wildman–Crippen MR) is 109 cm³/mol. The van der Waals surface area contributed by atoms with Crippen LogP contribution in [0.4, 0.5) is 24.5 Å². The number of nitrogens with zero attached hydrogens (tertiary/aromatic N) is 2. The third-order valence-electron chi connectivity index (χ3n) is 4.08. The summed E-state index contributed by atoms with van der Waals surface area (Å²) in [4.78, 5) is 22.9. The molecule has 0 spiro atoms. The maximum Gasteiger partial charge on any atom is 0.418 e. The number of alkyl halides is 3. The minimum absolute atomic E-state index is 0.0424. The largest absolute Gasteiger partial charge is 0.418 e. The standard InChI is InChI=1S/C20H17ClF3N5O/c21-14-4-1-3-13(9-14)19(30)29-12-28-17-6-2-5-16(20(22,23)24)18(17)26-8-7-15-10-25-11-27-15/h1-6,9-12,26H,7-8H2,(H,25,27)(H,28,29,30). The predicted octanol–water partition coefficient (Wildman–Crippen LogP) is 4.83. The molecule has 3 rings (SSSR count). The van der Waals surface area contributed by atoms with Gasteiger partial charge in [-0.1, -0.05) is 23.7 Å². The summed E-state index contributed by atoms with van der Waals surface area (Å²) in [6, 6.07) is 9.92. The van der Waals surface area contributed by atoms with Gasteiger partial charge in [-0.3, -0.25) is 4.79 Å². The van der Waals surface area contributed by atoms with Crippen LogP contribution in [0.15, 0.2) is 60.0 Å². The van der Waals surface area contributed by atoms with Crippen LogP contribution in [0.5, 0.6) is 0 Å². The summed E-state index contributed by atoms with van der Waals surface area (Å²) in [5, 5.41) is 5.61. The molecule has 1 amide bonds. The number of H-pyrrole nitrogens is 1. The molecule has 10 heteroatoms. The van der Waals surface area contributed by atoms with E-state index in [1.54, 1.807) is 24.4 Å². The first-order valence-electron chi connectivity index (χ1n) is 8.85. The number of hydrogen-bond acceptors (Lipinski definition) is 4. The lowest BCUT2D eigenvalue weighted by Crippen LogP contribution is -2.21. The van der Waals surface area contributed by atoms with Crippen molar-refractivity contribution < 1.29 is 18.0 Å². The van der Waals surface area contributed by atoms with Crippen molar-refractivity contribution in [2.45, 2.75) is 12.6 Å². The van der Waals surface area contributed by atoms with Crippen molar-refractivity contribution in [3.63, 3.8) is 0 Å². The Morgan fingerprint density at radius 2 is 2.03 bits per heavy atom. The summed E-state index contributed by atoms with van der Waals surface area (Å²) < 4.78 is 40.3. The molecule has 1 heterocycles. The van der Waals surface area contributed by atoms with Crippen molar-refractivity contribution in [2.75, 3.05) is 11.9 Å². The van der Waals surface area contributed by atoms with E-state index >= 15 is 0 Å². The molecule has 1 aromatic heterocycles. The van der Waals surface area contributed by atoms with Gasteiger partial charge >= 0.3 is 6.18 Å². The number of aliphatic imine (C=N–C) groups is 1. The second kappa shape index (κ2) is 9.45. The fraction of sp³-hybridized carbons (Fsp3) is 0.150. The molecule has 6 nitrogen and oxygen atoms in total. The van der Waals surface area contributed by atoms with Crippen LogP contribution >= 0.6 is 11.6 Å². The Hall–Kier alpha value is -3.33. The molecule has 0 bridgehead atoms. The van der Waals surface area contributed by atoms with E-state index in [1.807, 2.05) is 0 Å². The van der Waals surface area contributed by atoms with Gasteiger partial charge in [-0.15, -0.1) is 0 Å². The molecule has 0 fully saturated rings. The van der Waals surface area contributed by atoms with Gasteiger partial charge in [0.2, 0.25) is 0 Å². The summed E-state index contributed by atoms with van der Waals surface area (Å²) in [6.45, 7) is 0.229. The quantitative estimate of drug-likeness (QED) is 0.367. The van der Waals surface area contributed by atoms with Crippen molar-refractivity contribution in [2.24, 2.45) is 4.99 Å². The van der Waals surface area contributed by atoms with Crippen LogP contribution in [0, 0.1) is 0 Å². The van der Waals surface area contributed by atoms with Gasteiger partial charge in [0.25, 0.3) is 5.91 Å². The minimum Gasteiger partial charge on any atom is -0.382 e. The van der Waals surface area contributed by atoms with Crippen LogP contribution in [0.1, 0.15) is 21.6 Å². The highest BCUT2D eigenvalue weighted by molar-refractivity contribution is 6.31. The van der Waals surface area contributed by atoms with Crippen LogP contribution in [0.3, 0.4) is 0 Å². The van der Waals surface area contributed by atoms with Gasteiger partial charge < -0.3 is 15.6 Å². The number of nitrogens with one attached hydrogen (secondary N) is 3. The number of carbonyl (C=O) groups excluding carboxylic acids is 1. The van der Waals surface area contributed by atoms with Gasteiger partial charge in [-0.2, -0.15) is 13.2 Å². The van der Waals surface area contributed by atoms with Gasteiger partial charge in [0.05, 0.1) is 29.6 Å². The van der Waals surface area contributed by atoms with Crippen molar-refractivity contribution in [3.05, 3.63) is 76.8 Å². The first kappa shape index (κ1) is 21.4. The molecule has 3 aromatic rings. The van der Waals surface area contributed by atoms with Crippen LogP contribution in [0.25, 0.3) is 0 Å². The second-order valence-electron chi connectivity index (χ2n) is 6.19. The van der Waals surface area contributed by atoms with E-state index in [2.05, 4.69) is 25.6 Å². The van der Waals surface area contributed by atoms with E-state index in [9.17, 15) is 18.0 Å². The van der Waals surface area contributed by atoms with Crippen molar-refractivity contribution in [1.29, 1.82) is 0 Å². The van der Waals surface area contributed by atoms with E-state index in [1.165, 1.54) is 24.5 Å². The summed E-state index contributed by atoms with van der Waals surface area (Å²) in [7, 11) is 0. The van der Waals surface area contributed by atoms with Crippen LogP contribution in [-0.2, 0) is 12.6 Å². The number of aromatic amines is 1. The van der Waals surface area contributed by atoms with Crippen molar-refractivity contribution >= 4 is 35.2 Å². The molecule has 3 N–H and O–H groups in total. The summed E-state index contributed by atoms with van der Waals surface area (Å²) in [6.07, 6.45) is 0.0324. The highest BCUT2D eigenvalue weighted by Gasteiger charge is 2.34. The number of carbonyl (C=O) groups is 1. The fourth-order valence-electron chi connectivity index (χ4n) is 2.69. The smallest absolute Gasteiger partial charge is 0.382 e. The van der Waals surface area contributed by atoms with Gasteiger partial charge in [-0.05, 0) is 30.3 Å². The number of rotatable bonds is 7. The molecule has 30 heavy (non-hydrogen) atoms. The zero-order chi connectivity index (χ0) is 21.6. The first-order chi connectivity index (χ1) is 14.3. The third kappa shape index (κ3) is 5.60. The fourth-order valence-corrected chi connectivity index (χ4v) is 2.88. The van der Waals surface area contributed by atoms with Gasteiger partial charge in [0.15, 0.2) is 0 Å². The Kier molecular flexibility index (Phi) is 6.73. The van der Waals surface area contributed by atoms with Gasteiger partial charge in [0, 0.05) is 35.4 Å². The Morgan fingerprint density at radius 3 is 2.73 bits per heavy atom. The normalized spacial score (nSPS) is 11.6. The molecule has 0 radical (unpaired) electrons. The molecule has 0 aliphatic carbocycles. The van der Waals surface area contributed by atoms with E-state index in [-0.39, 0.29) is 17.9 Å². The van der Waals surface area contributed by atoms with Gasteiger partial charge in [-0.25, -0.2) is 9.98 Å². The minimum atomic E-state index is -4.56. The molecule has 0 aliphatic heterocycles. The number of hydrogen-bond donors (Lipinski definition) is 3. The van der Waals surface area contributed by atoms with Crippen LogP contribution < -0.4 is 10.6 Å². The van der Waals surface area contributed by atoms with Gasteiger partial charge in [0.1, 0.15) is 0 Å². The van der Waals surface area contributed by atoms with E-state index in [0.29, 0.717) is 17.0 Å². The Balaban J connectivity index is 1.77. The van der Waals surface area contributed by atoms with Crippen LogP contribution in [-0.4, -0.2) is 28.8 Å². The van der Waals surface area contributed by atoms with Crippen LogP contribution in [0.2, 0.25) is 5.02 Å². The highest BCUT2D eigenvalue weighted by Crippen LogP contribution is 2.39. The highest BCUT2D eigenvalue weighted by atomic mass is 35.5. The average molecular weight is 436 g/mol. The van der Waals surface area contributed by atoms with Crippen molar-refractivity contribution in [1.82, 2.24) is 15.3 Å². The number of imidazole rings is 1. The summed E-state index contributed by atoms with van der Waals surface area (Å²) >= 11 is 5.85. The zero-order valence-corrected chi connectivity index (χ0v) is 16.3. The molecule has 0 saturated carbocycles. The lowest BCUT2D eigenvalue weighted by atomic mass is 10.1. The molecule has 0 atom stereocenters. The molecular formula is C20H17ClF3N5O. The number of para-hydroxylation sites is 1. The number of amides is 1. The number of anilines is 1. The summed E-state index contributed by atoms with van der Waals surface area (Å²) in [5.74, 6) is -0.484. The molecule has 0 unspecified atom stereocenters. The topological polar surface area (TPSA) is 82.2 Å². The maximum absolute atomic E-state index is 13.4. The first-order valence-corrected chi connectivity index (χ1v) is 9.22. The molecular weight excluding hydrogens is 419 g/mol. The number of benzene rings is 2. The summed E-state index contributed by atoms with van der Waals surface area (Å²) in [5.41, 5.74) is 0.114.